The lowest BCUT2D eigenvalue weighted by atomic mass is 10.1. The molecular weight excluding hydrogens is 262 g/mol. The molecule has 3 nitrogen and oxygen atoms in total. The Labute approximate surface area is 126 Å². The predicted octanol–water partition coefficient (Wildman–Crippen LogP) is 3.76. The molecule has 21 heavy (non-hydrogen) atoms. The SMILES string of the molecule is COc1ccc(C=O)cc1CN(C)c1ccc(C)cc1C. The Hall–Kier alpha value is -2.29. The number of nitrogens with zero attached hydrogens (tertiary/aromatic N) is 1. The number of aryl methyl sites for hydroxylation is 2. The number of hydrogen-bond donors (Lipinski definition) is 0. The van der Waals surface area contributed by atoms with Gasteiger partial charge < -0.3 is 9.64 Å². The standard InChI is InChI=1S/C18H21NO2/c1-13-5-7-17(14(2)9-13)19(3)11-16-10-15(12-20)6-8-18(16)21-4/h5-10,12H,11H2,1-4H3. The van der Waals surface area contributed by atoms with E-state index in [4.69, 9.17) is 4.74 Å². The third-order valence-corrected chi connectivity index (χ3v) is 3.61. The Morgan fingerprint density at radius 2 is 1.90 bits per heavy atom. The molecule has 2 rings (SSSR count). The van der Waals surface area contributed by atoms with E-state index in [9.17, 15) is 4.79 Å². The fourth-order valence-electron chi connectivity index (χ4n) is 2.57. The molecule has 0 atom stereocenters. The molecule has 0 bridgehead atoms. The molecule has 0 saturated carbocycles. The van der Waals surface area contributed by atoms with E-state index in [1.165, 1.54) is 16.8 Å². The van der Waals surface area contributed by atoms with Crippen molar-refractivity contribution in [2.75, 3.05) is 19.1 Å². The van der Waals surface area contributed by atoms with Crippen molar-refractivity contribution >= 4 is 12.0 Å². The van der Waals surface area contributed by atoms with Gasteiger partial charge in [0, 0.05) is 30.4 Å². The number of hydrogen-bond acceptors (Lipinski definition) is 3. The van der Waals surface area contributed by atoms with E-state index in [1.54, 1.807) is 13.2 Å². The quantitative estimate of drug-likeness (QED) is 0.782. The fourth-order valence-corrected chi connectivity index (χ4v) is 2.57. The first-order valence-corrected chi connectivity index (χ1v) is 6.95. The molecule has 0 fully saturated rings. The summed E-state index contributed by atoms with van der Waals surface area (Å²) in [5.41, 5.74) is 5.34. The van der Waals surface area contributed by atoms with Gasteiger partial charge in [-0.05, 0) is 43.7 Å². The van der Waals surface area contributed by atoms with Crippen molar-refractivity contribution in [2.24, 2.45) is 0 Å². The Balaban J connectivity index is 2.30. The first-order chi connectivity index (χ1) is 10.0. The van der Waals surface area contributed by atoms with Crippen LogP contribution in [0.25, 0.3) is 0 Å². The Morgan fingerprint density at radius 3 is 2.52 bits per heavy atom. The average Bonchev–Trinajstić information content (AvgIpc) is 2.46. The van der Waals surface area contributed by atoms with Gasteiger partial charge in [0.1, 0.15) is 12.0 Å². The minimum atomic E-state index is 0.667. The second-order valence-electron chi connectivity index (χ2n) is 5.34. The van der Waals surface area contributed by atoms with Crippen LogP contribution in [-0.2, 0) is 6.54 Å². The van der Waals surface area contributed by atoms with E-state index in [1.807, 2.05) is 19.2 Å². The van der Waals surface area contributed by atoms with E-state index in [0.29, 0.717) is 12.1 Å². The second-order valence-corrected chi connectivity index (χ2v) is 5.34. The van der Waals surface area contributed by atoms with Gasteiger partial charge >= 0.3 is 0 Å². The number of aldehydes is 1. The van der Waals surface area contributed by atoms with Gasteiger partial charge in [-0.1, -0.05) is 17.7 Å². The van der Waals surface area contributed by atoms with Gasteiger partial charge in [-0.3, -0.25) is 4.79 Å². The zero-order valence-corrected chi connectivity index (χ0v) is 13.0. The van der Waals surface area contributed by atoms with Crippen LogP contribution in [0.15, 0.2) is 36.4 Å². The molecule has 2 aromatic carbocycles. The molecule has 0 spiro atoms. The number of anilines is 1. The summed E-state index contributed by atoms with van der Waals surface area (Å²) in [6.45, 7) is 4.89. The van der Waals surface area contributed by atoms with Crippen LogP contribution in [0.3, 0.4) is 0 Å². The lowest BCUT2D eigenvalue weighted by molar-refractivity contribution is 0.112. The van der Waals surface area contributed by atoms with Crippen LogP contribution in [0.2, 0.25) is 0 Å². The van der Waals surface area contributed by atoms with Crippen LogP contribution in [0.5, 0.6) is 5.75 Å². The lowest BCUT2D eigenvalue weighted by Gasteiger charge is -2.23. The number of rotatable bonds is 5. The first-order valence-electron chi connectivity index (χ1n) is 6.95. The van der Waals surface area contributed by atoms with Crippen LogP contribution in [0.1, 0.15) is 27.0 Å². The third-order valence-electron chi connectivity index (χ3n) is 3.61. The summed E-state index contributed by atoms with van der Waals surface area (Å²) in [6.07, 6.45) is 0.861. The van der Waals surface area contributed by atoms with E-state index < -0.39 is 0 Å². The largest absolute Gasteiger partial charge is 0.496 e. The molecule has 0 aliphatic rings. The van der Waals surface area contributed by atoms with E-state index in [2.05, 4.69) is 36.9 Å². The third kappa shape index (κ3) is 3.43. The van der Waals surface area contributed by atoms with Crippen LogP contribution >= 0.6 is 0 Å². The fraction of sp³-hybridized carbons (Fsp3) is 0.278. The summed E-state index contributed by atoms with van der Waals surface area (Å²) < 4.78 is 5.39. The van der Waals surface area contributed by atoms with E-state index >= 15 is 0 Å². The maximum Gasteiger partial charge on any atom is 0.150 e. The monoisotopic (exact) mass is 283 g/mol. The van der Waals surface area contributed by atoms with Crippen LogP contribution < -0.4 is 9.64 Å². The molecule has 0 aliphatic heterocycles. The molecule has 0 amide bonds. The zero-order valence-electron chi connectivity index (χ0n) is 13.0. The van der Waals surface area contributed by atoms with Crippen molar-refractivity contribution in [3.05, 3.63) is 58.7 Å². The zero-order chi connectivity index (χ0) is 15.4. The van der Waals surface area contributed by atoms with Crippen molar-refractivity contribution in [3.63, 3.8) is 0 Å². The first kappa shape index (κ1) is 15.1. The van der Waals surface area contributed by atoms with Crippen molar-refractivity contribution in [3.8, 4) is 5.75 Å². The second kappa shape index (κ2) is 6.44. The molecule has 0 N–H and O–H groups in total. The van der Waals surface area contributed by atoms with Gasteiger partial charge in [0.2, 0.25) is 0 Å². The van der Waals surface area contributed by atoms with Crippen LogP contribution in [0, 0.1) is 13.8 Å². The normalized spacial score (nSPS) is 10.3. The molecule has 0 aromatic heterocycles. The molecular formula is C18H21NO2. The van der Waals surface area contributed by atoms with Gasteiger partial charge in [-0.25, -0.2) is 0 Å². The van der Waals surface area contributed by atoms with Crippen molar-refractivity contribution in [1.29, 1.82) is 0 Å². The lowest BCUT2D eigenvalue weighted by Crippen LogP contribution is -2.18. The van der Waals surface area contributed by atoms with Crippen molar-refractivity contribution < 1.29 is 9.53 Å². The minimum absolute atomic E-state index is 0.667. The summed E-state index contributed by atoms with van der Waals surface area (Å²) in [5.74, 6) is 0.803. The molecule has 0 saturated heterocycles. The molecule has 0 unspecified atom stereocenters. The maximum atomic E-state index is 11.0. The Morgan fingerprint density at radius 1 is 1.14 bits per heavy atom. The molecule has 0 heterocycles. The number of methoxy groups -OCH3 is 1. The van der Waals surface area contributed by atoms with E-state index in [0.717, 1.165) is 17.6 Å². The van der Waals surface area contributed by atoms with Gasteiger partial charge in [-0.15, -0.1) is 0 Å². The minimum Gasteiger partial charge on any atom is -0.496 e. The highest BCUT2D eigenvalue weighted by Crippen LogP contribution is 2.25. The number of carbonyl (C=O) groups is 1. The van der Waals surface area contributed by atoms with Crippen molar-refractivity contribution in [2.45, 2.75) is 20.4 Å². The molecule has 3 heteroatoms. The Bertz CT molecular complexity index is 650. The topological polar surface area (TPSA) is 29.5 Å². The van der Waals surface area contributed by atoms with E-state index in [-0.39, 0.29) is 0 Å². The van der Waals surface area contributed by atoms with Crippen LogP contribution in [-0.4, -0.2) is 20.4 Å². The summed E-state index contributed by atoms with van der Waals surface area (Å²) in [4.78, 5) is 13.1. The number of carbonyl (C=O) groups excluding carboxylic acids is 1. The highest BCUT2D eigenvalue weighted by molar-refractivity contribution is 5.75. The average molecular weight is 283 g/mol. The number of benzene rings is 2. The summed E-state index contributed by atoms with van der Waals surface area (Å²) in [6, 6.07) is 11.9. The van der Waals surface area contributed by atoms with Gasteiger partial charge in [0.15, 0.2) is 0 Å². The summed E-state index contributed by atoms with van der Waals surface area (Å²) in [5, 5.41) is 0. The van der Waals surface area contributed by atoms with Gasteiger partial charge in [0.05, 0.1) is 7.11 Å². The van der Waals surface area contributed by atoms with Gasteiger partial charge in [0.25, 0.3) is 0 Å². The van der Waals surface area contributed by atoms with Gasteiger partial charge in [-0.2, -0.15) is 0 Å². The molecule has 0 radical (unpaired) electrons. The maximum absolute atomic E-state index is 11.0. The Kier molecular flexibility index (Phi) is 4.63. The predicted molar refractivity (Wildman–Crippen MR) is 86.4 cm³/mol. The molecule has 110 valence electrons. The summed E-state index contributed by atoms with van der Waals surface area (Å²) >= 11 is 0. The number of ether oxygens (including phenoxy) is 1. The highest BCUT2D eigenvalue weighted by Gasteiger charge is 2.10. The summed E-state index contributed by atoms with van der Waals surface area (Å²) in [7, 11) is 3.70. The van der Waals surface area contributed by atoms with Crippen LogP contribution in [0.4, 0.5) is 5.69 Å². The van der Waals surface area contributed by atoms with Crippen molar-refractivity contribution in [1.82, 2.24) is 0 Å². The molecule has 0 aliphatic carbocycles. The smallest absolute Gasteiger partial charge is 0.150 e. The highest BCUT2D eigenvalue weighted by atomic mass is 16.5. The molecule has 2 aromatic rings.